The van der Waals surface area contributed by atoms with Gasteiger partial charge in [0.05, 0.1) is 13.7 Å². The van der Waals surface area contributed by atoms with Crippen LogP contribution < -0.4 is 4.74 Å². The molecule has 0 aliphatic rings. The lowest BCUT2D eigenvalue weighted by atomic mass is 10.0. The molecule has 0 aliphatic carbocycles. The highest BCUT2D eigenvalue weighted by molar-refractivity contribution is 6.30. The lowest BCUT2D eigenvalue weighted by Crippen LogP contribution is -1.94. The van der Waals surface area contributed by atoms with Crippen LogP contribution in [0, 0.1) is 0 Å². The first-order valence-corrected chi connectivity index (χ1v) is 5.66. The van der Waals surface area contributed by atoms with E-state index in [9.17, 15) is 5.11 Å². The third-order valence-corrected chi connectivity index (χ3v) is 2.88. The van der Waals surface area contributed by atoms with Crippen molar-refractivity contribution in [1.82, 2.24) is 0 Å². The molecule has 0 unspecified atom stereocenters. The van der Waals surface area contributed by atoms with E-state index in [4.69, 9.17) is 16.3 Å². The number of aliphatic hydroxyl groups excluding tert-OH is 1. The van der Waals surface area contributed by atoms with E-state index in [1.165, 1.54) is 0 Å². The van der Waals surface area contributed by atoms with Gasteiger partial charge in [-0.1, -0.05) is 41.9 Å². The Morgan fingerprint density at radius 1 is 1.12 bits per heavy atom. The number of benzene rings is 2. The lowest BCUT2D eigenvalue weighted by Gasteiger charge is -2.12. The summed E-state index contributed by atoms with van der Waals surface area (Å²) in [7, 11) is 1.61. The van der Waals surface area contributed by atoms with Crippen LogP contribution in [0.2, 0.25) is 5.02 Å². The average Bonchev–Trinajstić information content (AvgIpc) is 2.38. The zero-order chi connectivity index (χ0) is 12.3. The molecule has 0 amide bonds. The molecule has 0 radical (unpaired) electrons. The van der Waals surface area contributed by atoms with Crippen molar-refractivity contribution in [2.75, 3.05) is 7.11 Å². The van der Waals surface area contributed by atoms with E-state index < -0.39 is 0 Å². The SMILES string of the molecule is COc1c(CO)cccc1-c1ccc(Cl)cc1. The van der Waals surface area contributed by atoms with E-state index in [1.807, 2.05) is 42.5 Å². The van der Waals surface area contributed by atoms with Gasteiger partial charge >= 0.3 is 0 Å². The second-order valence-electron chi connectivity index (χ2n) is 3.66. The molecule has 17 heavy (non-hydrogen) atoms. The molecule has 2 nitrogen and oxygen atoms in total. The highest BCUT2D eigenvalue weighted by atomic mass is 35.5. The van der Waals surface area contributed by atoms with Gasteiger partial charge in [-0.15, -0.1) is 0 Å². The Balaban J connectivity index is 2.54. The topological polar surface area (TPSA) is 29.5 Å². The van der Waals surface area contributed by atoms with Crippen molar-refractivity contribution < 1.29 is 9.84 Å². The number of ether oxygens (including phenoxy) is 1. The predicted octanol–water partition coefficient (Wildman–Crippen LogP) is 3.51. The number of hydrogen-bond donors (Lipinski definition) is 1. The standard InChI is InChI=1S/C14H13ClO2/c1-17-14-11(9-16)3-2-4-13(14)10-5-7-12(15)8-6-10/h2-8,16H,9H2,1H3. The molecule has 0 fully saturated rings. The number of aliphatic hydroxyl groups is 1. The molecule has 2 aromatic carbocycles. The van der Waals surface area contributed by atoms with Crippen LogP contribution in [0.4, 0.5) is 0 Å². The summed E-state index contributed by atoms with van der Waals surface area (Å²) >= 11 is 5.86. The van der Waals surface area contributed by atoms with Gasteiger partial charge in [0.2, 0.25) is 0 Å². The number of halogens is 1. The molecule has 0 spiro atoms. The molecular weight excluding hydrogens is 236 g/mol. The molecule has 0 saturated carbocycles. The van der Waals surface area contributed by atoms with Crippen LogP contribution in [-0.4, -0.2) is 12.2 Å². The van der Waals surface area contributed by atoms with Crippen molar-refractivity contribution in [2.24, 2.45) is 0 Å². The maximum atomic E-state index is 9.26. The number of methoxy groups -OCH3 is 1. The first-order chi connectivity index (χ1) is 8.26. The third-order valence-electron chi connectivity index (χ3n) is 2.63. The average molecular weight is 249 g/mol. The molecule has 3 heteroatoms. The van der Waals surface area contributed by atoms with E-state index in [2.05, 4.69) is 0 Å². The van der Waals surface area contributed by atoms with Crippen molar-refractivity contribution in [2.45, 2.75) is 6.61 Å². The van der Waals surface area contributed by atoms with Crippen LogP contribution in [0.25, 0.3) is 11.1 Å². The number of para-hydroxylation sites is 1. The third kappa shape index (κ3) is 2.43. The van der Waals surface area contributed by atoms with Crippen molar-refractivity contribution in [3.8, 4) is 16.9 Å². The summed E-state index contributed by atoms with van der Waals surface area (Å²) in [5, 5.41) is 9.96. The summed E-state index contributed by atoms with van der Waals surface area (Å²) in [6.07, 6.45) is 0. The fourth-order valence-corrected chi connectivity index (χ4v) is 1.93. The molecule has 0 atom stereocenters. The van der Waals surface area contributed by atoms with Gasteiger partial charge < -0.3 is 9.84 Å². The Hall–Kier alpha value is -1.51. The van der Waals surface area contributed by atoms with Gasteiger partial charge in [0.1, 0.15) is 5.75 Å². The molecule has 0 bridgehead atoms. The van der Waals surface area contributed by atoms with Gasteiger partial charge in [0.15, 0.2) is 0 Å². The monoisotopic (exact) mass is 248 g/mol. The van der Waals surface area contributed by atoms with Gasteiger partial charge in [-0.05, 0) is 17.7 Å². The minimum Gasteiger partial charge on any atom is -0.496 e. The summed E-state index contributed by atoms with van der Waals surface area (Å²) in [4.78, 5) is 0. The van der Waals surface area contributed by atoms with E-state index in [0.29, 0.717) is 10.8 Å². The largest absolute Gasteiger partial charge is 0.496 e. The smallest absolute Gasteiger partial charge is 0.132 e. The summed E-state index contributed by atoms with van der Waals surface area (Å²) in [5.74, 6) is 0.706. The number of hydrogen-bond acceptors (Lipinski definition) is 2. The molecule has 2 rings (SSSR count). The van der Waals surface area contributed by atoms with E-state index in [0.717, 1.165) is 16.7 Å². The second-order valence-corrected chi connectivity index (χ2v) is 4.10. The second kappa shape index (κ2) is 5.21. The Kier molecular flexibility index (Phi) is 3.67. The van der Waals surface area contributed by atoms with E-state index in [-0.39, 0.29) is 6.61 Å². The molecule has 0 heterocycles. The number of rotatable bonds is 3. The molecule has 88 valence electrons. The fourth-order valence-electron chi connectivity index (χ4n) is 1.81. The maximum Gasteiger partial charge on any atom is 0.132 e. The molecular formula is C14H13ClO2. The van der Waals surface area contributed by atoms with Gasteiger partial charge in [-0.3, -0.25) is 0 Å². The van der Waals surface area contributed by atoms with Gasteiger partial charge in [-0.2, -0.15) is 0 Å². The van der Waals surface area contributed by atoms with Crippen molar-refractivity contribution in [3.63, 3.8) is 0 Å². The predicted molar refractivity (Wildman–Crippen MR) is 69.4 cm³/mol. The molecule has 1 N–H and O–H groups in total. The van der Waals surface area contributed by atoms with Crippen LogP contribution in [0.5, 0.6) is 5.75 Å². The molecule has 0 aromatic heterocycles. The lowest BCUT2D eigenvalue weighted by molar-refractivity contribution is 0.274. The van der Waals surface area contributed by atoms with Crippen LogP contribution in [0.1, 0.15) is 5.56 Å². The van der Waals surface area contributed by atoms with Crippen molar-refractivity contribution in [1.29, 1.82) is 0 Å². The van der Waals surface area contributed by atoms with Crippen LogP contribution >= 0.6 is 11.6 Å². The highest BCUT2D eigenvalue weighted by Gasteiger charge is 2.09. The minimum absolute atomic E-state index is 0.0371. The summed E-state index contributed by atoms with van der Waals surface area (Å²) in [5.41, 5.74) is 2.75. The Morgan fingerprint density at radius 2 is 1.82 bits per heavy atom. The van der Waals surface area contributed by atoms with Crippen LogP contribution in [-0.2, 0) is 6.61 Å². The zero-order valence-corrected chi connectivity index (χ0v) is 10.2. The van der Waals surface area contributed by atoms with Gasteiger partial charge in [0, 0.05) is 16.1 Å². The van der Waals surface area contributed by atoms with Crippen LogP contribution in [0.3, 0.4) is 0 Å². The minimum atomic E-state index is -0.0371. The normalized spacial score (nSPS) is 10.3. The molecule has 2 aromatic rings. The van der Waals surface area contributed by atoms with Gasteiger partial charge in [0.25, 0.3) is 0 Å². The van der Waals surface area contributed by atoms with Crippen molar-refractivity contribution in [3.05, 3.63) is 53.1 Å². The fraction of sp³-hybridized carbons (Fsp3) is 0.143. The zero-order valence-electron chi connectivity index (χ0n) is 9.48. The highest BCUT2D eigenvalue weighted by Crippen LogP contribution is 2.33. The first-order valence-electron chi connectivity index (χ1n) is 5.29. The van der Waals surface area contributed by atoms with E-state index >= 15 is 0 Å². The van der Waals surface area contributed by atoms with Crippen molar-refractivity contribution >= 4 is 11.6 Å². The Labute approximate surface area is 105 Å². The molecule has 0 saturated heterocycles. The Morgan fingerprint density at radius 3 is 2.41 bits per heavy atom. The summed E-state index contributed by atoms with van der Waals surface area (Å²) < 4.78 is 5.36. The quantitative estimate of drug-likeness (QED) is 0.901. The summed E-state index contributed by atoms with van der Waals surface area (Å²) in [6.45, 7) is -0.0371. The van der Waals surface area contributed by atoms with Gasteiger partial charge in [-0.25, -0.2) is 0 Å². The maximum absolute atomic E-state index is 9.26. The molecule has 0 aliphatic heterocycles. The summed E-state index contributed by atoms with van der Waals surface area (Å²) in [6, 6.07) is 13.2. The van der Waals surface area contributed by atoms with Crippen LogP contribution in [0.15, 0.2) is 42.5 Å². The Bertz CT molecular complexity index is 506. The van der Waals surface area contributed by atoms with E-state index in [1.54, 1.807) is 7.11 Å². The first kappa shape index (κ1) is 12.0.